The number of ether oxygens (including phenoxy) is 10. The minimum atomic E-state index is -1.05. The van der Waals surface area contributed by atoms with Crippen LogP contribution >= 0.6 is 33.3 Å². The molecule has 1 heterocycles. The van der Waals surface area contributed by atoms with Crippen molar-refractivity contribution in [2.45, 2.75) is 137 Å². The summed E-state index contributed by atoms with van der Waals surface area (Å²) in [4.78, 5) is 70.0. The third-order valence-electron chi connectivity index (χ3n) is 11.5. The number of hydrogen-bond donors (Lipinski definition) is 6. The van der Waals surface area contributed by atoms with Crippen molar-refractivity contribution in [1.82, 2.24) is 36.3 Å². The average molecular weight is 1310 g/mol. The molecule has 0 aliphatic carbocycles. The molecule has 0 aliphatic rings. The topological polar surface area (TPSA) is 316 Å². The van der Waals surface area contributed by atoms with Gasteiger partial charge in [0.15, 0.2) is 6.61 Å². The molecule has 0 aliphatic heterocycles. The van der Waals surface area contributed by atoms with E-state index >= 15 is 0 Å². The number of nitrogens with two attached hydrogens (primary N) is 1. The second-order valence-electron chi connectivity index (χ2n) is 22.9. The molecule has 0 saturated heterocycles. The first kappa shape index (κ1) is 79.6. The molecule has 29 heteroatoms. The Morgan fingerprint density at radius 1 is 0.659 bits per heavy atom. The summed E-state index contributed by atoms with van der Waals surface area (Å²) >= 11 is 1.73. The van der Waals surface area contributed by atoms with Crippen LogP contribution in [0.3, 0.4) is 0 Å². The van der Waals surface area contributed by atoms with Gasteiger partial charge in [-0.3, -0.25) is 14.4 Å². The molecule has 6 amide bonds. The number of nitrogens with zero attached hydrogens (tertiary/aromatic N) is 4. The Labute approximate surface area is 534 Å². The summed E-state index contributed by atoms with van der Waals surface area (Å²) in [5.41, 5.74) is 7.91. The predicted molar refractivity (Wildman–Crippen MR) is 344 cm³/mol. The van der Waals surface area contributed by atoms with Gasteiger partial charge in [-0.05, 0) is 54.7 Å². The normalized spacial score (nSPS) is 12.7. The maximum absolute atomic E-state index is 13.8. The first-order valence-corrected chi connectivity index (χ1v) is 33.6. The second kappa shape index (κ2) is 49.2. The van der Waals surface area contributed by atoms with Crippen LogP contribution in [0, 0.1) is 11.3 Å². The molecular weight excluding hydrogens is 1200 g/mol. The highest BCUT2D eigenvalue weighted by molar-refractivity contribution is 8.77. The molecule has 2 rings (SSSR count). The minimum absolute atomic E-state index is 0.00683. The van der Waals surface area contributed by atoms with E-state index in [1.165, 1.54) is 0 Å². The fraction of sp³-hybridized carbons (Fsp3) is 0.763. The first-order valence-electron chi connectivity index (χ1n) is 30.2. The van der Waals surface area contributed by atoms with Gasteiger partial charge in [-0.15, -0.1) is 16.9 Å². The summed E-state index contributed by atoms with van der Waals surface area (Å²) in [5.74, 6) is -0.350. The molecule has 1 aromatic carbocycles. The largest absolute Gasteiger partial charge is 0.445 e. The summed E-state index contributed by atoms with van der Waals surface area (Å²) in [6, 6.07) is 3.88. The molecule has 0 fully saturated rings. The molecule has 1 aromatic heterocycles. The van der Waals surface area contributed by atoms with E-state index in [9.17, 15) is 24.0 Å². The van der Waals surface area contributed by atoms with Crippen LogP contribution in [0.15, 0.2) is 35.6 Å². The van der Waals surface area contributed by atoms with Crippen molar-refractivity contribution in [3.05, 3.63) is 41.7 Å². The zero-order valence-corrected chi connectivity index (χ0v) is 56.3. The smallest absolute Gasteiger partial charge is 0.407 e. The fourth-order valence-corrected chi connectivity index (χ4v) is 9.96. The zero-order chi connectivity index (χ0) is 64.7. The van der Waals surface area contributed by atoms with E-state index in [0.29, 0.717) is 159 Å². The molecule has 0 radical (unpaired) electrons. The van der Waals surface area contributed by atoms with E-state index < -0.39 is 48.5 Å². The number of thioether (sulfide) groups is 1. The van der Waals surface area contributed by atoms with Crippen LogP contribution in [0.4, 0.5) is 15.3 Å². The van der Waals surface area contributed by atoms with Crippen LogP contribution in [0.2, 0.25) is 0 Å². The number of anilines is 1. The quantitative estimate of drug-likeness (QED) is 0.0181. The SMILES string of the molecule is CC(C)C[C@H](NC(=O)CON=C(CSSC(C)C)CSC(C)(C)C)C(=O)N[C@@H](CCCNC(N)=O)C(=O)Nc1ccc(COC(=O)NCc2cn(CCOCCOCCOCCOCCOCCOCCOCCOCCOCCC(C)(C)C)nn2)cc1. The van der Waals surface area contributed by atoms with Crippen molar-refractivity contribution >= 4 is 74.6 Å². The number of carbonyl (C=O) groups is 5. The summed E-state index contributed by atoms with van der Waals surface area (Å²) < 4.78 is 56.9. The van der Waals surface area contributed by atoms with Crippen molar-refractivity contribution in [3.63, 3.8) is 0 Å². The fourth-order valence-electron chi connectivity index (χ4n) is 7.02. The number of amides is 6. The molecule has 26 nitrogen and oxygen atoms in total. The molecule has 2 atom stereocenters. The highest BCUT2D eigenvalue weighted by atomic mass is 33.1. The third kappa shape index (κ3) is 46.5. The maximum atomic E-state index is 13.8. The van der Waals surface area contributed by atoms with Crippen molar-refractivity contribution in [2.24, 2.45) is 22.2 Å². The van der Waals surface area contributed by atoms with Gasteiger partial charge in [-0.25, -0.2) is 14.3 Å². The van der Waals surface area contributed by atoms with Crippen LogP contribution in [0.5, 0.6) is 0 Å². The molecule has 0 unspecified atom stereocenters. The van der Waals surface area contributed by atoms with Crippen LogP contribution in [-0.4, -0.2) is 216 Å². The lowest BCUT2D eigenvalue weighted by Crippen LogP contribution is -2.53. The number of hydrogen-bond acceptors (Lipinski definition) is 22. The molecule has 88 heavy (non-hydrogen) atoms. The number of benzene rings is 1. The number of oxime groups is 1. The zero-order valence-electron chi connectivity index (χ0n) is 53.8. The van der Waals surface area contributed by atoms with Crippen molar-refractivity contribution in [1.29, 1.82) is 0 Å². The number of alkyl carbamates (subject to hydrolysis) is 1. The molecule has 0 spiro atoms. The third-order valence-corrected chi connectivity index (χ3v) is 15.8. The highest BCUT2D eigenvalue weighted by Crippen LogP contribution is 2.29. The Balaban J connectivity index is 1.61. The Hall–Kier alpha value is -4.53. The van der Waals surface area contributed by atoms with E-state index in [1.54, 1.807) is 68.5 Å². The van der Waals surface area contributed by atoms with Gasteiger partial charge in [0.2, 0.25) is 11.8 Å². The Morgan fingerprint density at radius 2 is 1.19 bits per heavy atom. The van der Waals surface area contributed by atoms with Crippen LogP contribution in [-0.2, 0) is 86.3 Å². The van der Waals surface area contributed by atoms with Crippen LogP contribution < -0.4 is 32.3 Å². The second-order valence-corrected chi connectivity index (χ2v) is 27.6. The summed E-state index contributed by atoms with van der Waals surface area (Å²) in [6.07, 6.45) is 2.79. The first-order chi connectivity index (χ1) is 42.1. The average Bonchev–Trinajstić information content (AvgIpc) is 3.70. The number of rotatable bonds is 53. The molecule has 7 N–H and O–H groups in total. The predicted octanol–water partition coefficient (Wildman–Crippen LogP) is 6.39. The minimum Gasteiger partial charge on any atom is -0.445 e. The van der Waals surface area contributed by atoms with Gasteiger partial charge in [0.1, 0.15) is 24.4 Å². The summed E-state index contributed by atoms with van der Waals surface area (Å²) in [7, 11) is 3.41. The van der Waals surface area contributed by atoms with Crippen LogP contribution in [0.1, 0.15) is 106 Å². The lowest BCUT2D eigenvalue weighted by Gasteiger charge is -2.24. The monoisotopic (exact) mass is 1300 g/mol. The molecule has 504 valence electrons. The Bertz CT molecular complexity index is 2210. The molecule has 2 aromatic rings. The lowest BCUT2D eigenvalue weighted by molar-refractivity contribution is -0.133. The lowest BCUT2D eigenvalue weighted by atomic mass is 9.93. The van der Waals surface area contributed by atoms with Gasteiger partial charge in [0, 0.05) is 40.3 Å². The number of nitrogens with one attached hydrogen (secondary N) is 5. The van der Waals surface area contributed by atoms with Crippen LogP contribution in [0.25, 0.3) is 0 Å². The van der Waals surface area contributed by atoms with Gasteiger partial charge >= 0.3 is 12.1 Å². The molecule has 0 saturated carbocycles. The standard InChI is InChI=1S/C59H104N10O16S3/c1-45(2)38-52(64-53(70)42-85-67-50(43-86-59(8,9)10)44-87-88-46(3)4)55(72)65-51(12-11-18-61-56(60)73)54(71)63-48-15-13-47(14-16-48)41-84-57(74)62-39-49-40-69(68-66-49)19-21-76-23-25-78-27-29-80-31-33-82-35-37-83-36-34-81-32-30-79-28-26-77-24-22-75-20-17-58(5,6)7/h13-16,40,45-46,51-52H,11-12,17-39,41-44H2,1-10H3,(H,62,74)(H,63,71)(H,64,70)(H,65,72)(H3,60,61,73)/t51-,52-/m0/s1. The van der Waals surface area contributed by atoms with Gasteiger partial charge in [-0.1, -0.05) is 113 Å². The number of carbonyl (C=O) groups excluding carboxylic acids is 5. The van der Waals surface area contributed by atoms with Crippen molar-refractivity contribution in [2.75, 3.05) is 149 Å². The van der Waals surface area contributed by atoms with Crippen molar-refractivity contribution < 1.29 is 76.2 Å². The Kier molecular flexibility index (Phi) is 44.5. The molecule has 0 bridgehead atoms. The summed E-state index contributed by atoms with van der Waals surface area (Å²) in [5, 5.41) is 26.4. The van der Waals surface area contributed by atoms with Gasteiger partial charge < -0.3 is 84.5 Å². The van der Waals surface area contributed by atoms with Crippen molar-refractivity contribution in [3.8, 4) is 0 Å². The summed E-state index contributed by atoms with van der Waals surface area (Å²) in [6.45, 7) is 30.0. The Morgan fingerprint density at radius 3 is 1.69 bits per heavy atom. The van der Waals surface area contributed by atoms with E-state index in [1.807, 2.05) is 13.8 Å². The van der Waals surface area contributed by atoms with Gasteiger partial charge in [-0.2, -0.15) is 0 Å². The number of aromatic nitrogens is 3. The number of primary amides is 1. The number of urea groups is 1. The van der Waals surface area contributed by atoms with E-state index in [4.69, 9.17) is 57.9 Å². The van der Waals surface area contributed by atoms with E-state index in [2.05, 4.69) is 97.4 Å². The van der Waals surface area contributed by atoms with E-state index in [-0.39, 0.29) is 48.6 Å². The highest BCUT2D eigenvalue weighted by Gasteiger charge is 2.28. The maximum Gasteiger partial charge on any atom is 0.407 e. The van der Waals surface area contributed by atoms with Gasteiger partial charge in [0.25, 0.3) is 5.91 Å². The van der Waals surface area contributed by atoms with Gasteiger partial charge in [0.05, 0.1) is 137 Å². The molecular formula is C59H104N10O16S3. The van der Waals surface area contributed by atoms with E-state index in [0.717, 1.165) is 18.7 Å².